The third kappa shape index (κ3) is 15.7. The van der Waals surface area contributed by atoms with Gasteiger partial charge in [-0.05, 0) is 0 Å². The first-order chi connectivity index (χ1) is 2.50. The van der Waals surface area contributed by atoms with Gasteiger partial charge in [0.15, 0.2) is 0 Å². The van der Waals surface area contributed by atoms with Crippen LogP contribution in [0.15, 0.2) is 18.2 Å². The zero-order valence-corrected chi connectivity index (χ0v) is 9.53. The molecular formula is C9H17Pt-5. The molecule has 0 unspecified atom stereocenters. The molecule has 0 amide bonds. The summed E-state index contributed by atoms with van der Waals surface area (Å²) >= 11 is 0. The van der Waals surface area contributed by atoms with E-state index < -0.39 is 0 Å². The van der Waals surface area contributed by atoms with Crippen molar-refractivity contribution >= 4 is 0 Å². The van der Waals surface area contributed by atoms with E-state index in [-0.39, 0.29) is 50.8 Å². The van der Waals surface area contributed by atoms with Crippen LogP contribution in [0.2, 0.25) is 0 Å². The van der Waals surface area contributed by atoms with Crippen molar-refractivity contribution in [1.82, 2.24) is 0 Å². The van der Waals surface area contributed by atoms with Crippen molar-refractivity contribution in [3.05, 3.63) is 54.0 Å². The zero-order valence-electron chi connectivity index (χ0n) is 7.26. The summed E-state index contributed by atoms with van der Waals surface area (Å²) in [7, 11) is 0. The Morgan fingerprint density at radius 2 is 1.50 bits per heavy atom. The van der Waals surface area contributed by atoms with E-state index in [1.807, 2.05) is 12.2 Å². The molecule has 10 heavy (non-hydrogen) atoms. The van der Waals surface area contributed by atoms with Crippen LogP contribution in [0.25, 0.3) is 0 Å². The molecular weight excluding hydrogens is 303 g/mol. The molecule has 0 aromatic heterocycles. The van der Waals surface area contributed by atoms with Crippen LogP contribution in [0, 0.1) is 35.8 Å². The topological polar surface area (TPSA) is 0 Å². The molecule has 1 heteroatoms. The van der Waals surface area contributed by atoms with Gasteiger partial charge < -0.3 is 29.7 Å². The summed E-state index contributed by atoms with van der Waals surface area (Å²) in [4.78, 5) is 0. The predicted molar refractivity (Wildman–Crippen MR) is 47.2 cm³/mol. The van der Waals surface area contributed by atoms with Crippen LogP contribution in [0.3, 0.4) is 0 Å². The Hall–Kier alpha value is 0.168. The molecule has 1 rings (SSSR count). The number of hydrogen-bond acceptors (Lipinski definition) is 0. The van der Waals surface area contributed by atoms with Crippen molar-refractivity contribution in [2.75, 3.05) is 0 Å². The normalized spacial score (nSPS) is 8.80. The minimum absolute atomic E-state index is 0. The fraction of sp³-hybridized carbons (Fsp3) is 0.111. The molecule has 68 valence electrons. The van der Waals surface area contributed by atoms with Crippen LogP contribution < -0.4 is 0 Å². The van der Waals surface area contributed by atoms with E-state index in [4.69, 9.17) is 0 Å². The van der Waals surface area contributed by atoms with Gasteiger partial charge in [-0.2, -0.15) is 6.08 Å². The van der Waals surface area contributed by atoms with Crippen LogP contribution in [0.4, 0.5) is 0 Å². The Morgan fingerprint density at radius 3 is 1.60 bits per heavy atom. The smallest absolute Gasteiger partial charge is 0 e. The Bertz CT molecular complexity index is 62.8. The van der Waals surface area contributed by atoms with Gasteiger partial charge >= 0.3 is 0 Å². The van der Waals surface area contributed by atoms with Crippen LogP contribution in [-0.2, 0) is 21.1 Å². The monoisotopic (exact) mass is 320 g/mol. The van der Waals surface area contributed by atoms with Crippen molar-refractivity contribution in [3.63, 3.8) is 0 Å². The molecule has 1 aliphatic rings. The first-order valence-corrected chi connectivity index (χ1v) is 1.72. The summed E-state index contributed by atoms with van der Waals surface area (Å²) in [5, 5.41) is 0. The average Bonchev–Trinajstić information content (AvgIpc) is 1.76. The summed E-state index contributed by atoms with van der Waals surface area (Å²) < 4.78 is 0. The second-order valence-electron chi connectivity index (χ2n) is 1.00. The molecule has 0 heterocycles. The molecule has 0 saturated heterocycles. The van der Waals surface area contributed by atoms with Crippen molar-refractivity contribution in [1.29, 1.82) is 0 Å². The quantitative estimate of drug-likeness (QED) is 0.602. The molecule has 0 fully saturated rings. The Labute approximate surface area is 81.7 Å². The summed E-state index contributed by atoms with van der Waals surface area (Å²) in [6.45, 7) is 0. The number of rotatable bonds is 0. The second-order valence-corrected chi connectivity index (χ2v) is 1.00. The van der Waals surface area contributed by atoms with Gasteiger partial charge in [0.25, 0.3) is 0 Å². The molecule has 0 bridgehead atoms. The standard InChI is InChI=1S/C5H5.4CH3.Pt/c1-2-4-5-3-1;;;;;/h1-3H,4H2;4*1H3;/q5*-1;. The van der Waals surface area contributed by atoms with E-state index >= 15 is 0 Å². The minimum atomic E-state index is 0. The van der Waals surface area contributed by atoms with E-state index in [1.54, 1.807) is 0 Å². The largest absolute Gasteiger partial charge is 0.358 e. The molecule has 0 aromatic rings. The van der Waals surface area contributed by atoms with Gasteiger partial charge in [-0.3, -0.25) is 6.08 Å². The molecule has 0 spiro atoms. The summed E-state index contributed by atoms with van der Waals surface area (Å²) in [5.41, 5.74) is 0. The molecule has 0 nitrogen and oxygen atoms in total. The second kappa shape index (κ2) is 22.9. The SMILES string of the molecule is [C-]1=CC=CC1.[CH3-].[CH3-].[CH3-].[CH3-].[Pt]. The Balaban J connectivity index is -0.0000000167. The molecule has 0 saturated carbocycles. The van der Waals surface area contributed by atoms with Gasteiger partial charge in [-0.15, -0.1) is 6.42 Å². The van der Waals surface area contributed by atoms with Gasteiger partial charge in [0.1, 0.15) is 0 Å². The Kier molecular flexibility index (Phi) is 73.3. The van der Waals surface area contributed by atoms with E-state index in [1.165, 1.54) is 0 Å². The van der Waals surface area contributed by atoms with Crippen LogP contribution in [0.1, 0.15) is 6.42 Å². The first kappa shape index (κ1) is 32.0. The summed E-state index contributed by atoms with van der Waals surface area (Å²) in [6.07, 6.45) is 10.0. The van der Waals surface area contributed by atoms with Crippen molar-refractivity contribution < 1.29 is 21.1 Å². The fourth-order valence-corrected chi connectivity index (χ4v) is 0.340. The maximum atomic E-state index is 2.99. The van der Waals surface area contributed by atoms with Gasteiger partial charge in [-0.25, -0.2) is 12.2 Å². The molecule has 0 N–H and O–H groups in total. The Morgan fingerprint density at radius 1 is 1.00 bits per heavy atom. The van der Waals surface area contributed by atoms with Gasteiger partial charge in [-0.1, -0.05) is 0 Å². The maximum Gasteiger partial charge on any atom is 0 e. The predicted octanol–water partition coefficient (Wildman–Crippen LogP) is 3.10. The maximum absolute atomic E-state index is 2.99. The summed E-state index contributed by atoms with van der Waals surface area (Å²) in [6, 6.07) is 0. The van der Waals surface area contributed by atoms with E-state index in [0.29, 0.717) is 0 Å². The number of allylic oxidation sites excluding steroid dienone is 4. The van der Waals surface area contributed by atoms with Crippen LogP contribution in [0.5, 0.6) is 0 Å². The van der Waals surface area contributed by atoms with Crippen molar-refractivity contribution in [2.24, 2.45) is 0 Å². The third-order valence-electron chi connectivity index (χ3n) is 0.586. The van der Waals surface area contributed by atoms with Gasteiger partial charge in [0.2, 0.25) is 0 Å². The molecule has 0 atom stereocenters. The average molecular weight is 320 g/mol. The van der Waals surface area contributed by atoms with E-state index in [0.717, 1.165) is 6.42 Å². The van der Waals surface area contributed by atoms with Crippen molar-refractivity contribution in [3.8, 4) is 0 Å². The van der Waals surface area contributed by atoms with Crippen LogP contribution in [-0.4, -0.2) is 0 Å². The van der Waals surface area contributed by atoms with Crippen molar-refractivity contribution in [2.45, 2.75) is 6.42 Å². The molecule has 0 aliphatic heterocycles. The molecule has 0 radical (unpaired) electrons. The molecule has 1 aliphatic carbocycles. The first-order valence-electron chi connectivity index (χ1n) is 1.72. The van der Waals surface area contributed by atoms with E-state index in [2.05, 4.69) is 12.2 Å². The van der Waals surface area contributed by atoms with Gasteiger partial charge in [0.05, 0.1) is 0 Å². The third-order valence-corrected chi connectivity index (χ3v) is 0.586. The summed E-state index contributed by atoms with van der Waals surface area (Å²) in [5.74, 6) is 0. The van der Waals surface area contributed by atoms with Gasteiger partial charge in [0, 0.05) is 21.1 Å². The van der Waals surface area contributed by atoms with Crippen LogP contribution >= 0.6 is 0 Å². The van der Waals surface area contributed by atoms with E-state index in [9.17, 15) is 0 Å². The molecule has 0 aromatic carbocycles. The number of hydrogen-bond donors (Lipinski definition) is 0. The minimum Gasteiger partial charge on any atom is -0.358 e. The zero-order chi connectivity index (χ0) is 3.54. The fourth-order valence-electron chi connectivity index (χ4n) is 0.340.